The van der Waals surface area contributed by atoms with Gasteiger partial charge < -0.3 is 15.0 Å². The first kappa shape index (κ1) is 10.2. The Morgan fingerprint density at radius 2 is 2.47 bits per heavy atom. The zero-order chi connectivity index (χ0) is 10.7. The molecule has 82 valence electrons. The third-order valence-electron chi connectivity index (χ3n) is 2.55. The van der Waals surface area contributed by atoms with Gasteiger partial charge in [0.15, 0.2) is 5.82 Å². The highest BCUT2D eigenvalue weighted by Gasteiger charge is 2.29. The lowest BCUT2D eigenvalue weighted by atomic mass is 9.89. The van der Waals surface area contributed by atoms with Gasteiger partial charge in [-0.2, -0.15) is 0 Å². The number of nitrogens with zero attached hydrogens (tertiary/aromatic N) is 1. The Labute approximate surface area is 87.9 Å². The van der Waals surface area contributed by atoms with Crippen LogP contribution in [-0.4, -0.2) is 28.7 Å². The molecule has 0 radical (unpaired) electrons. The van der Waals surface area contributed by atoms with E-state index in [1.54, 1.807) is 6.20 Å². The number of H-pyrrole nitrogens is 1. The average molecular weight is 209 g/mol. The first-order valence-electron chi connectivity index (χ1n) is 5.21. The van der Waals surface area contributed by atoms with E-state index in [0.29, 0.717) is 18.0 Å². The highest BCUT2D eigenvalue weighted by molar-refractivity contribution is 5.32. The maximum absolute atomic E-state index is 11.3. The van der Waals surface area contributed by atoms with Crippen molar-refractivity contribution in [1.82, 2.24) is 9.97 Å². The topological polar surface area (TPSA) is 67.0 Å². The van der Waals surface area contributed by atoms with Crippen molar-refractivity contribution in [2.24, 2.45) is 0 Å². The van der Waals surface area contributed by atoms with Crippen molar-refractivity contribution in [3.05, 3.63) is 22.7 Å². The summed E-state index contributed by atoms with van der Waals surface area (Å²) < 4.78 is 5.43. The van der Waals surface area contributed by atoms with E-state index in [0.717, 1.165) is 19.4 Å². The summed E-state index contributed by atoms with van der Waals surface area (Å²) in [5.41, 5.74) is -0.169. The molecule has 0 aromatic carbocycles. The third kappa shape index (κ3) is 2.36. The van der Waals surface area contributed by atoms with Crippen LogP contribution >= 0.6 is 0 Å². The lowest BCUT2D eigenvalue weighted by Gasteiger charge is -2.35. The SMILES string of the molecule is CCOC1CC(Nc2ncc[nH]c2=O)C1. The zero-order valence-electron chi connectivity index (χ0n) is 8.69. The lowest BCUT2D eigenvalue weighted by molar-refractivity contribution is 0.00290. The molecule has 1 aliphatic rings. The van der Waals surface area contributed by atoms with Crippen LogP contribution in [0, 0.1) is 0 Å². The second-order valence-corrected chi connectivity index (χ2v) is 3.66. The summed E-state index contributed by atoms with van der Waals surface area (Å²) in [5, 5.41) is 3.10. The normalized spacial score (nSPS) is 24.6. The van der Waals surface area contributed by atoms with Crippen molar-refractivity contribution in [3.63, 3.8) is 0 Å². The first-order chi connectivity index (χ1) is 7.29. The number of anilines is 1. The Balaban J connectivity index is 1.85. The first-order valence-corrected chi connectivity index (χ1v) is 5.21. The fourth-order valence-electron chi connectivity index (χ4n) is 1.70. The van der Waals surface area contributed by atoms with E-state index in [-0.39, 0.29) is 5.56 Å². The van der Waals surface area contributed by atoms with Crippen molar-refractivity contribution in [2.45, 2.75) is 31.9 Å². The second kappa shape index (κ2) is 4.44. The predicted molar refractivity (Wildman–Crippen MR) is 56.9 cm³/mol. The van der Waals surface area contributed by atoms with E-state index in [1.165, 1.54) is 6.20 Å². The minimum absolute atomic E-state index is 0.169. The smallest absolute Gasteiger partial charge is 0.290 e. The molecule has 0 unspecified atom stereocenters. The van der Waals surface area contributed by atoms with Crippen LogP contribution in [0.2, 0.25) is 0 Å². The van der Waals surface area contributed by atoms with E-state index in [2.05, 4.69) is 15.3 Å². The number of aromatic nitrogens is 2. The summed E-state index contributed by atoms with van der Waals surface area (Å²) >= 11 is 0. The lowest BCUT2D eigenvalue weighted by Crippen LogP contribution is -2.42. The van der Waals surface area contributed by atoms with Crippen LogP contribution in [0.15, 0.2) is 17.2 Å². The van der Waals surface area contributed by atoms with Crippen molar-refractivity contribution in [3.8, 4) is 0 Å². The van der Waals surface area contributed by atoms with Crippen LogP contribution in [-0.2, 0) is 4.74 Å². The van der Waals surface area contributed by atoms with Crippen molar-refractivity contribution >= 4 is 5.82 Å². The highest BCUT2D eigenvalue weighted by atomic mass is 16.5. The van der Waals surface area contributed by atoms with Crippen LogP contribution in [0.3, 0.4) is 0 Å². The van der Waals surface area contributed by atoms with E-state index >= 15 is 0 Å². The maximum atomic E-state index is 11.3. The molecule has 0 aliphatic heterocycles. The minimum Gasteiger partial charge on any atom is -0.378 e. The molecular formula is C10H15N3O2. The molecule has 5 heteroatoms. The molecule has 0 bridgehead atoms. The molecule has 0 spiro atoms. The van der Waals surface area contributed by atoms with Gasteiger partial charge in [-0.1, -0.05) is 0 Å². The third-order valence-corrected chi connectivity index (χ3v) is 2.55. The fourth-order valence-corrected chi connectivity index (χ4v) is 1.70. The summed E-state index contributed by atoms with van der Waals surface area (Å²) in [5.74, 6) is 0.400. The molecule has 1 saturated carbocycles. The van der Waals surface area contributed by atoms with Crippen LogP contribution in [0.1, 0.15) is 19.8 Å². The van der Waals surface area contributed by atoms with Gasteiger partial charge in [0, 0.05) is 25.0 Å². The van der Waals surface area contributed by atoms with Crippen LogP contribution in [0.4, 0.5) is 5.82 Å². The minimum atomic E-state index is -0.169. The zero-order valence-corrected chi connectivity index (χ0v) is 8.69. The largest absolute Gasteiger partial charge is 0.378 e. The van der Waals surface area contributed by atoms with Gasteiger partial charge >= 0.3 is 0 Å². The molecule has 1 aromatic heterocycles. The van der Waals surface area contributed by atoms with Gasteiger partial charge in [0.25, 0.3) is 5.56 Å². The predicted octanol–water partition coefficient (Wildman–Crippen LogP) is 0.749. The van der Waals surface area contributed by atoms with Crippen LogP contribution in [0.5, 0.6) is 0 Å². The van der Waals surface area contributed by atoms with Crippen LogP contribution in [0.25, 0.3) is 0 Å². The van der Waals surface area contributed by atoms with Gasteiger partial charge in [-0.25, -0.2) is 4.98 Å². The van der Waals surface area contributed by atoms with Gasteiger partial charge in [0.05, 0.1) is 6.10 Å². The van der Waals surface area contributed by atoms with Gasteiger partial charge in [-0.3, -0.25) is 4.79 Å². The Bertz CT molecular complexity index is 371. The summed E-state index contributed by atoms with van der Waals surface area (Å²) in [6, 6.07) is 0.317. The average Bonchev–Trinajstić information content (AvgIpc) is 2.18. The summed E-state index contributed by atoms with van der Waals surface area (Å²) in [4.78, 5) is 17.8. The quantitative estimate of drug-likeness (QED) is 0.768. The summed E-state index contributed by atoms with van der Waals surface area (Å²) in [6.45, 7) is 2.74. The maximum Gasteiger partial charge on any atom is 0.290 e. The molecule has 1 aliphatic carbocycles. The molecule has 5 nitrogen and oxygen atoms in total. The van der Waals surface area contributed by atoms with Gasteiger partial charge in [-0.15, -0.1) is 0 Å². The Morgan fingerprint density at radius 1 is 1.67 bits per heavy atom. The Hall–Kier alpha value is -1.36. The number of ether oxygens (including phenoxy) is 1. The van der Waals surface area contributed by atoms with Gasteiger partial charge in [0.2, 0.25) is 0 Å². The molecule has 1 aromatic rings. The molecular weight excluding hydrogens is 194 g/mol. The second-order valence-electron chi connectivity index (χ2n) is 3.66. The summed E-state index contributed by atoms with van der Waals surface area (Å²) in [6.07, 6.45) is 5.34. The molecule has 1 heterocycles. The molecule has 0 atom stereocenters. The van der Waals surface area contributed by atoms with E-state index in [9.17, 15) is 4.79 Å². The molecule has 2 rings (SSSR count). The van der Waals surface area contributed by atoms with Crippen LogP contribution < -0.4 is 10.9 Å². The molecule has 15 heavy (non-hydrogen) atoms. The van der Waals surface area contributed by atoms with Crippen molar-refractivity contribution in [2.75, 3.05) is 11.9 Å². The molecule has 2 N–H and O–H groups in total. The number of hydrogen-bond acceptors (Lipinski definition) is 4. The van der Waals surface area contributed by atoms with Crippen molar-refractivity contribution in [1.29, 1.82) is 0 Å². The standard InChI is InChI=1S/C10H15N3O2/c1-2-15-8-5-7(6-8)13-9-10(14)12-4-3-11-9/h3-4,7-8H,2,5-6H2,1H3,(H,11,13)(H,12,14). The molecule has 0 saturated heterocycles. The van der Waals surface area contributed by atoms with Gasteiger partial charge in [0.1, 0.15) is 0 Å². The molecule has 1 fully saturated rings. The summed E-state index contributed by atoms with van der Waals surface area (Å²) in [7, 11) is 0. The van der Waals surface area contributed by atoms with E-state index in [4.69, 9.17) is 4.74 Å². The molecule has 0 amide bonds. The van der Waals surface area contributed by atoms with E-state index < -0.39 is 0 Å². The number of hydrogen-bond donors (Lipinski definition) is 2. The Morgan fingerprint density at radius 3 is 3.13 bits per heavy atom. The monoisotopic (exact) mass is 209 g/mol. The number of nitrogens with one attached hydrogen (secondary N) is 2. The Kier molecular flexibility index (Phi) is 3.01. The number of aromatic amines is 1. The van der Waals surface area contributed by atoms with Gasteiger partial charge in [-0.05, 0) is 19.8 Å². The van der Waals surface area contributed by atoms with Crippen molar-refractivity contribution < 1.29 is 4.74 Å². The highest BCUT2D eigenvalue weighted by Crippen LogP contribution is 2.25. The fraction of sp³-hybridized carbons (Fsp3) is 0.600. The van der Waals surface area contributed by atoms with E-state index in [1.807, 2.05) is 6.92 Å². The number of rotatable bonds is 4.